The highest BCUT2D eigenvalue weighted by Gasteiger charge is 2.51. The number of thioether (sulfide) groups is 1. The molecule has 2 aliphatic rings. The summed E-state index contributed by atoms with van der Waals surface area (Å²) in [6, 6.07) is 3.65. The number of amides is 1. The van der Waals surface area contributed by atoms with E-state index in [0.29, 0.717) is 17.1 Å². The summed E-state index contributed by atoms with van der Waals surface area (Å²) in [5, 5.41) is 1.88. The van der Waals surface area contributed by atoms with Gasteiger partial charge in [0.2, 0.25) is 5.91 Å². The van der Waals surface area contributed by atoms with Crippen LogP contribution in [0.25, 0.3) is 0 Å². The number of carbonyl (C=O) groups excluding carboxylic acids is 3. The Labute approximate surface area is 173 Å². The minimum atomic E-state index is -0.263. The van der Waals surface area contributed by atoms with Gasteiger partial charge in [-0.05, 0) is 37.7 Å². The number of allylic oxidation sites excluding steroid dienone is 1. The van der Waals surface area contributed by atoms with Crippen molar-refractivity contribution in [1.82, 2.24) is 4.90 Å². The van der Waals surface area contributed by atoms with Crippen molar-refractivity contribution in [2.75, 3.05) is 18.5 Å². The Kier molecular flexibility index (Phi) is 7.20. The van der Waals surface area contributed by atoms with Gasteiger partial charge in [0.1, 0.15) is 6.61 Å². The number of ether oxygens (including phenoxy) is 1. The second-order valence-electron chi connectivity index (χ2n) is 6.43. The Balaban J connectivity index is 1.54. The Bertz CT molecular complexity index is 778. The molecule has 0 N–H and O–H groups in total. The number of carbonyl (C=O) groups is 3. The molecular formula is C18H20NO4PS3. The molecule has 1 amide bonds. The Morgan fingerprint density at radius 2 is 2.26 bits per heavy atom. The number of esters is 1. The average molecular weight is 442 g/mol. The van der Waals surface area contributed by atoms with Gasteiger partial charge in [0, 0.05) is 30.5 Å². The van der Waals surface area contributed by atoms with Gasteiger partial charge in [0.25, 0.3) is 0 Å². The second kappa shape index (κ2) is 9.41. The lowest BCUT2D eigenvalue weighted by molar-refractivity contribution is -0.146. The van der Waals surface area contributed by atoms with Gasteiger partial charge in [-0.3, -0.25) is 14.4 Å². The summed E-state index contributed by atoms with van der Waals surface area (Å²) >= 11 is 7.89. The number of β-lactam (4-membered cyclic amide) rings is 1. The molecular weight excluding hydrogens is 421 g/mol. The molecule has 1 saturated heterocycles. The van der Waals surface area contributed by atoms with Crippen LogP contribution in [0.3, 0.4) is 0 Å². The smallest absolute Gasteiger partial charge is 0.306 e. The minimum Gasteiger partial charge on any atom is -0.461 e. The number of thiophene rings is 1. The van der Waals surface area contributed by atoms with Crippen molar-refractivity contribution in [3.8, 4) is 0 Å². The predicted octanol–water partition coefficient (Wildman–Crippen LogP) is 3.86. The number of ketones is 1. The zero-order valence-electron chi connectivity index (χ0n) is 14.9. The molecule has 27 heavy (non-hydrogen) atoms. The van der Waals surface area contributed by atoms with Crippen LogP contribution >= 0.6 is 30.5 Å². The molecule has 0 aromatic carbocycles. The maximum atomic E-state index is 12.6. The van der Waals surface area contributed by atoms with Crippen molar-refractivity contribution in [1.29, 1.82) is 0 Å². The summed E-state index contributed by atoms with van der Waals surface area (Å²) in [5.74, 6) is 0.241. The zero-order valence-corrected chi connectivity index (χ0v) is 18.2. The molecule has 2 aliphatic heterocycles. The number of Topliss-reactive ketones (excluding diaryl/α,β-unsaturated/α-hetero) is 1. The molecule has 9 heteroatoms. The van der Waals surface area contributed by atoms with Crippen LogP contribution < -0.4 is 0 Å². The largest absolute Gasteiger partial charge is 0.461 e. The van der Waals surface area contributed by atoms with Gasteiger partial charge in [-0.2, -0.15) is 0 Å². The lowest BCUT2D eigenvalue weighted by atomic mass is 9.90. The van der Waals surface area contributed by atoms with Gasteiger partial charge in [0.05, 0.1) is 16.2 Å². The first-order valence-corrected chi connectivity index (χ1v) is 12.7. The van der Waals surface area contributed by atoms with Crippen LogP contribution in [0.1, 0.15) is 35.9 Å². The molecule has 2 unspecified atom stereocenters. The topological polar surface area (TPSA) is 63.7 Å². The third kappa shape index (κ3) is 4.67. The molecule has 0 saturated carbocycles. The monoisotopic (exact) mass is 441 g/mol. The van der Waals surface area contributed by atoms with Crippen molar-refractivity contribution in [2.45, 2.75) is 31.6 Å². The highest BCUT2D eigenvalue weighted by molar-refractivity contribution is 8.00. The number of rotatable bonds is 9. The fraction of sp³-hybridized carbons (Fsp3) is 0.500. The summed E-state index contributed by atoms with van der Waals surface area (Å²) in [5.41, 5.74) is 1.82. The molecule has 0 aliphatic carbocycles. The van der Waals surface area contributed by atoms with E-state index in [0.717, 1.165) is 31.2 Å². The van der Waals surface area contributed by atoms with Gasteiger partial charge in [-0.1, -0.05) is 17.9 Å². The maximum absolute atomic E-state index is 12.6. The molecule has 5 nitrogen and oxygen atoms in total. The lowest BCUT2D eigenvalue weighted by Crippen LogP contribution is -2.60. The average Bonchev–Trinajstić information content (AvgIpc) is 3.19. The summed E-state index contributed by atoms with van der Waals surface area (Å²) in [6.07, 6.45) is 2.19. The molecule has 0 spiro atoms. The van der Waals surface area contributed by atoms with E-state index in [2.05, 4.69) is 0 Å². The molecule has 3 heterocycles. The molecule has 1 fully saturated rings. The summed E-state index contributed by atoms with van der Waals surface area (Å²) in [6.45, 7) is 2.11. The van der Waals surface area contributed by atoms with Crippen LogP contribution in [0.5, 0.6) is 0 Å². The number of hydrogen-bond acceptors (Lipinski definition) is 7. The Morgan fingerprint density at radius 1 is 1.44 bits per heavy atom. The standard InChI is InChI=1S/C18H20NO4PS3/c1-11-12(9-23-16(21)5-2-6-24-25)10-27-18-13(17(22)19(11)18)8-14(20)15-4-3-7-26-15/h3-4,7,13,18H,2,5-6,8-10H2,1H3. The third-order valence-corrected chi connectivity index (χ3v) is 8.05. The van der Waals surface area contributed by atoms with Crippen LogP contribution in [0.15, 0.2) is 28.8 Å². The van der Waals surface area contributed by atoms with E-state index in [1.54, 1.807) is 22.7 Å². The number of hydrogen-bond donors (Lipinski definition) is 0. The molecule has 0 bridgehead atoms. The van der Waals surface area contributed by atoms with Crippen molar-refractivity contribution in [3.63, 3.8) is 0 Å². The first kappa shape index (κ1) is 20.6. The van der Waals surface area contributed by atoms with Gasteiger partial charge in [-0.15, -0.1) is 23.1 Å². The SMILES string of the molecule is CC1=C(COC(=O)CCCP=S)CSC2C(CC(=O)c3cccs3)C(=O)N12. The van der Waals surface area contributed by atoms with E-state index in [9.17, 15) is 14.4 Å². The van der Waals surface area contributed by atoms with E-state index in [-0.39, 0.29) is 42.0 Å². The fourth-order valence-electron chi connectivity index (χ4n) is 3.13. The molecule has 0 radical (unpaired) electrons. The number of fused-ring (bicyclic) bond motifs is 1. The zero-order chi connectivity index (χ0) is 19.4. The number of nitrogens with zero attached hydrogens (tertiary/aromatic N) is 1. The van der Waals surface area contributed by atoms with Crippen LogP contribution in [0, 0.1) is 5.92 Å². The normalized spacial score (nSPS) is 21.8. The predicted molar refractivity (Wildman–Crippen MR) is 112 cm³/mol. The van der Waals surface area contributed by atoms with Crippen molar-refractivity contribution in [3.05, 3.63) is 33.7 Å². The summed E-state index contributed by atoms with van der Waals surface area (Å²) in [4.78, 5) is 39.1. The van der Waals surface area contributed by atoms with Gasteiger partial charge in [-0.25, -0.2) is 0 Å². The van der Waals surface area contributed by atoms with Gasteiger partial charge >= 0.3 is 5.97 Å². The Morgan fingerprint density at radius 3 is 2.96 bits per heavy atom. The molecule has 1 aromatic rings. The van der Waals surface area contributed by atoms with Crippen molar-refractivity contribution in [2.24, 2.45) is 5.92 Å². The molecule has 1 aromatic heterocycles. The molecule has 3 rings (SSSR count). The van der Waals surface area contributed by atoms with E-state index in [4.69, 9.17) is 16.5 Å². The summed E-state index contributed by atoms with van der Waals surface area (Å²) < 4.78 is 5.34. The van der Waals surface area contributed by atoms with E-state index in [1.807, 2.05) is 18.4 Å². The second-order valence-corrected chi connectivity index (χ2v) is 9.96. The van der Waals surface area contributed by atoms with Crippen LogP contribution in [-0.2, 0) is 26.1 Å². The van der Waals surface area contributed by atoms with E-state index in [1.165, 1.54) is 11.3 Å². The quantitative estimate of drug-likeness (QED) is 0.191. The van der Waals surface area contributed by atoms with E-state index >= 15 is 0 Å². The third-order valence-electron chi connectivity index (χ3n) is 4.69. The fourth-order valence-corrected chi connectivity index (χ4v) is 6.00. The highest BCUT2D eigenvalue weighted by Crippen LogP contribution is 2.45. The molecule has 2 atom stereocenters. The summed E-state index contributed by atoms with van der Waals surface area (Å²) in [7, 11) is 0.869. The molecule has 144 valence electrons. The van der Waals surface area contributed by atoms with E-state index < -0.39 is 0 Å². The lowest BCUT2D eigenvalue weighted by Gasteiger charge is -2.50. The first-order valence-electron chi connectivity index (χ1n) is 8.67. The first-order chi connectivity index (χ1) is 13.0. The van der Waals surface area contributed by atoms with Crippen LogP contribution in [0.4, 0.5) is 0 Å². The maximum Gasteiger partial charge on any atom is 0.306 e. The van der Waals surface area contributed by atoms with Crippen molar-refractivity contribution >= 4 is 59.9 Å². The van der Waals surface area contributed by atoms with Gasteiger partial charge < -0.3 is 9.64 Å². The highest BCUT2D eigenvalue weighted by atomic mass is 32.4. The van der Waals surface area contributed by atoms with Crippen LogP contribution in [-0.4, -0.2) is 46.5 Å². The van der Waals surface area contributed by atoms with Crippen LogP contribution in [0.2, 0.25) is 0 Å². The van der Waals surface area contributed by atoms with Crippen molar-refractivity contribution < 1.29 is 19.1 Å². The minimum absolute atomic E-state index is 0.00641. The Hall–Kier alpha value is -1.08. The van der Waals surface area contributed by atoms with Gasteiger partial charge in [0.15, 0.2) is 5.78 Å².